The molecular formula is C20H19ClN8O3S. The smallest absolute Gasteiger partial charge is 0.267 e. The summed E-state index contributed by atoms with van der Waals surface area (Å²) in [6.07, 6.45) is 4.07. The highest BCUT2D eigenvalue weighted by Gasteiger charge is 2.23. The summed E-state index contributed by atoms with van der Waals surface area (Å²) in [4.78, 5) is 30.1. The lowest BCUT2D eigenvalue weighted by Crippen LogP contribution is -2.28. The Morgan fingerprint density at radius 3 is 2.55 bits per heavy atom. The number of anilines is 3. The Morgan fingerprint density at radius 2 is 1.88 bits per heavy atom. The molecule has 0 aliphatic heterocycles. The molecule has 5 N–H and O–H groups in total. The van der Waals surface area contributed by atoms with Crippen LogP contribution in [0.2, 0.25) is 5.02 Å². The van der Waals surface area contributed by atoms with Crippen molar-refractivity contribution in [1.29, 1.82) is 0 Å². The molecule has 0 spiro atoms. The van der Waals surface area contributed by atoms with Crippen LogP contribution < -0.4 is 22.3 Å². The molecule has 0 bridgehead atoms. The minimum absolute atomic E-state index is 0.00668. The number of nitrogens with zero attached hydrogens (tertiary/aromatic N) is 5. The average molecular weight is 487 g/mol. The molecule has 0 aliphatic rings. The molecule has 1 aromatic carbocycles. The molecule has 0 aliphatic carbocycles. The van der Waals surface area contributed by atoms with Gasteiger partial charge in [0.15, 0.2) is 15.7 Å². The van der Waals surface area contributed by atoms with Gasteiger partial charge in [-0.2, -0.15) is 9.97 Å². The third-order valence-electron chi connectivity index (χ3n) is 4.82. The first-order valence-corrected chi connectivity index (χ1v) is 11.9. The van der Waals surface area contributed by atoms with E-state index in [-0.39, 0.29) is 44.2 Å². The number of fused-ring (bicyclic) bond motifs is 1. The van der Waals surface area contributed by atoms with Gasteiger partial charge >= 0.3 is 0 Å². The fraction of sp³-hybridized carbons (Fsp3) is 0.150. The molecule has 3 heterocycles. The molecule has 13 heteroatoms. The fourth-order valence-corrected chi connectivity index (χ4v) is 4.43. The van der Waals surface area contributed by atoms with Gasteiger partial charge in [-0.05, 0) is 31.2 Å². The van der Waals surface area contributed by atoms with Crippen LogP contribution in [0.25, 0.3) is 16.6 Å². The molecule has 33 heavy (non-hydrogen) atoms. The molecule has 0 saturated heterocycles. The van der Waals surface area contributed by atoms with Crippen LogP contribution in [0.15, 0.2) is 52.4 Å². The monoisotopic (exact) mass is 486 g/mol. The first kappa shape index (κ1) is 22.4. The lowest BCUT2D eigenvalue weighted by molar-refractivity contribution is 0.602. The van der Waals surface area contributed by atoms with E-state index in [0.29, 0.717) is 5.69 Å². The topological polar surface area (TPSA) is 172 Å². The van der Waals surface area contributed by atoms with Crippen molar-refractivity contribution in [2.24, 2.45) is 0 Å². The number of nitrogen functional groups attached to an aromatic ring is 2. The molecule has 11 nitrogen and oxygen atoms in total. The number of rotatable bonds is 5. The Hall–Kier alpha value is -3.77. The van der Waals surface area contributed by atoms with Crippen LogP contribution in [-0.2, 0) is 9.84 Å². The number of nitrogens with one attached hydrogen (secondary N) is 1. The molecule has 4 rings (SSSR count). The van der Waals surface area contributed by atoms with E-state index in [4.69, 9.17) is 23.1 Å². The van der Waals surface area contributed by atoms with Gasteiger partial charge in [-0.1, -0.05) is 17.7 Å². The number of pyridine rings is 1. The van der Waals surface area contributed by atoms with E-state index < -0.39 is 21.4 Å². The second-order valence-corrected chi connectivity index (χ2v) is 9.60. The number of aromatic nitrogens is 5. The first-order chi connectivity index (χ1) is 15.6. The Balaban J connectivity index is 1.99. The van der Waals surface area contributed by atoms with Crippen LogP contribution in [0.3, 0.4) is 0 Å². The van der Waals surface area contributed by atoms with Crippen LogP contribution in [0.4, 0.5) is 17.6 Å². The summed E-state index contributed by atoms with van der Waals surface area (Å²) in [6.45, 7) is 1.73. The van der Waals surface area contributed by atoms with Crippen molar-refractivity contribution in [3.05, 3.63) is 63.9 Å². The van der Waals surface area contributed by atoms with E-state index in [1.165, 1.54) is 22.9 Å². The summed E-state index contributed by atoms with van der Waals surface area (Å²) in [6, 6.07) is 7.15. The third-order valence-corrected chi connectivity index (χ3v) is 6.34. The zero-order valence-corrected chi connectivity index (χ0v) is 19.1. The van der Waals surface area contributed by atoms with Gasteiger partial charge in [0.25, 0.3) is 5.56 Å². The number of sulfone groups is 1. The summed E-state index contributed by atoms with van der Waals surface area (Å²) in [5.41, 5.74) is 11.5. The Labute approximate surface area is 193 Å². The number of benzene rings is 1. The van der Waals surface area contributed by atoms with E-state index in [2.05, 4.69) is 25.3 Å². The standard InChI is InChI=1S/C20H19ClN8O3S/c1-10(25-17-15(21)16(22)27-20(23)28-17)18-26-12-6-3-7-13(33(2,31)32)14(12)19(30)29(18)11-5-4-8-24-9-11/h3-10H,1-2H3,(H5,22,23,25,27,28). The summed E-state index contributed by atoms with van der Waals surface area (Å²) < 4.78 is 26.0. The summed E-state index contributed by atoms with van der Waals surface area (Å²) in [7, 11) is -3.69. The van der Waals surface area contributed by atoms with Gasteiger partial charge in [-0.25, -0.2) is 13.4 Å². The Kier molecular flexibility index (Phi) is 5.64. The Morgan fingerprint density at radius 1 is 1.12 bits per heavy atom. The minimum atomic E-state index is -3.69. The first-order valence-electron chi connectivity index (χ1n) is 9.59. The molecular weight excluding hydrogens is 468 g/mol. The van der Waals surface area contributed by atoms with Crippen molar-refractivity contribution in [3.8, 4) is 5.69 Å². The lowest BCUT2D eigenvalue weighted by Gasteiger charge is -2.21. The third kappa shape index (κ3) is 4.17. The number of nitrogens with two attached hydrogens (primary N) is 2. The predicted molar refractivity (Wildman–Crippen MR) is 126 cm³/mol. The van der Waals surface area contributed by atoms with Crippen molar-refractivity contribution in [3.63, 3.8) is 0 Å². The highest BCUT2D eigenvalue weighted by Crippen LogP contribution is 2.29. The summed E-state index contributed by atoms with van der Waals surface area (Å²) in [5, 5.41) is 3.09. The summed E-state index contributed by atoms with van der Waals surface area (Å²) >= 11 is 6.22. The Bertz CT molecular complexity index is 1540. The second-order valence-electron chi connectivity index (χ2n) is 7.24. The van der Waals surface area contributed by atoms with Crippen LogP contribution in [0.1, 0.15) is 18.8 Å². The predicted octanol–water partition coefficient (Wildman–Crippen LogP) is 1.97. The van der Waals surface area contributed by atoms with Gasteiger partial charge < -0.3 is 16.8 Å². The van der Waals surface area contributed by atoms with E-state index in [1.807, 2.05) is 0 Å². The molecule has 4 aromatic rings. The van der Waals surface area contributed by atoms with Gasteiger partial charge in [-0.15, -0.1) is 0 Å². The highest BCUT2D eigenvalue weighted by molar-refractivity contribution is 7.91. The van der Waals surface area contributed by atoms with Gasteiger partial charge in [-0.3, -0.25) is 14.3 Å². The quantitative estimate of drug-likeness (QED) is 0.378. The van der Waals surface area contributed by atoms with E-state index in [1.54, 1.807) is 31.3 Å². The molecule has 0 radical (unpaired) electrons. The van der Waals surface area contributed by atoms with E-state index in [9.17, 15) is 13.2 Å². The molecule has 0 amide bonds. The number of halogens is 1. The van der Waals surface area contributed by atoms with Crippen molar-refractivity contribution in [1.82, 2.24) is 24.5 Å². The highest BCUT2D eigenvalue weighted by atomic mass is 35.5. The molecule has 1 atom stereocenters. The SMILES string of the molecule is CC(Nc1nc(N)nc(N)c1Cl)c1nc2cccc(S(C)(=O)=O)c2c(=O)n1-c1cccnc1. The van der Waals surface area contributed by atoms with Crippen molar-refractivity contribution in [2.75, 3.05) is 23.0 Å². The van der Waals surface area contributed by atoms with E-state index >= 15 is 0 Å². The van der Waals surface area contributed by atoms with Crippen LogP contribution in [0, 0.1) is 0 Å². The fourth-order valence-electron chi connectivity index (χ4n) is 3.40. The average Bonchev–Trinajstić information content (AvgIpc) is 2.76. The van der Waals surface area contributed by atoms with Crippen molar-refractivity contribution < 1.29 is 8.42 Å². The minimum Gasteiger partial charge on any atom is -0.382 e. The molecule has 1 unspecified atom stereocenters. The second kappa shape index (κ2) is 8.30. The zero-order valence-electron chi connectivity index (χ0n) is 17.5. The van der Waals surface area contributed by atoms with Gasteiger partial charge in [0, 0.05) is 12.5 Å². The molecule has 0 saturated carbocycles. The molecule has 170 valence electrons. The van der Waals surface area contributed by atoms with Gasteiger partial charge in [0.2, 0.25) is 5.95 Å². The normalized spacial score (nSPS) is 12.6. The number of hydrogen-bond acceptors (Lipinski definition) is 10. The zero-order chi connectivity index (χ0) is 23.9. The van der Waals surface area contributed by atoms with Crippen molar-refractivity contribution >= 4 is 49.9 Å². The maximum Gasteiger partial charge on any atom is 0.267 e. The molecule has 3 aromatic heterocycles. The summed E-state index contributed by atoms with van der Waals surface area (Å²) in [5.74, 6) is 0.331. The maximum absolute atomic E-state index is 13.7. The van der Waals surface area contributed by atoms with Crippen molar-refractivity contribution in [2.45, 2.75) is 17.9 Å². The van der Waals surface area contributed by atoms with Gasteiger partial charge in [0.1, 0.15) is 16.7 Å². The van der Waals surface area contributed by atoms with Crippen LogP contribution >= 0.6 is 11.6 Å². The largest absolute Gasteiger partial charge is 0.382 e. The van der Waals surface area contributed by atoms with Crippen LogP contribution in [0.5, 0.6) is 0 Å². The lowest BCUT2D eigenvalue weighted by atomic mass is 10.2. The van der Waals surface area contributed by atoms with E-state index in [0.717, 1.165) is 6.26 Å². The maximum atomic E-state index is 13.7. The van der Waals surface area contributed by atoms with Crippen LogP contribution in [-0.4, -0.2) is 39.2 Å². The number of hydrogen-bond donors (Lipinski definition) is 3. The van der Waals surface area contributed by atoms with Gasteiger partial charge in [0.05, 0.1) is 33.7 Å². The molecule has 0 fully saturated rings.